The van der Waals surface area contributed by atoms with Gasteiger partial charge in [-0.3, -0.25) is 0 Å². The number of likely N-dealkylation sites (N-methyl/N-ethyl adjacent to an activating group) is 1. The van der Waals surface area contributed by atoms with Crippen LogP contribution in [0.1, 0.15) is 10.4 Å². The molecule has 0 saturated carbocycles. The Morgan fingerprint density at radius 2 is 2.13 bits per heavy atom. The second-order valence-electron chi connectivity index (χ2n) is 3.15. The minimum absolute atomic E-state index is 0.00204. The number of aromatic hydroxyl groups is 1. The maximum Gasteiger partial charge on any atom is 0.339 e. The summed E-state index contributed by atoms with van der Waals surface area (Å²) in [5.41, 5.74) is 0.530. The highest BCUT2D eigenvalue weighted by atomic mass is 16.4. The van der Waals surface area contributed by atoms with Crippen LogP contribution in [0.4, 0.5) is 5.69 Å². The van der Waals surface area contributed by atoms with Gasteiger partial charge in [-0.2, -0.15) is 0 Å². The summed E-state index contributed by atoms with van der Waals surface area (Å²) in [6.45, 7) is 0.420. The maximum atomic E-state index is 10.6. The SMILES string of the molecule is CN(CCO)c1ccc(C(=O)O)c(O)c1. The molecule has 0 amide bonds. The van der Waals surface area contributed by atoms with Gasteiger partial charge in [-0.1, -0.05) is 0 Å². The number of anilines is 1. The molecule has 0 saturated heterocycles. The monoisotopic (exact) mass is 211 g/mol. The van der Waals surface area contributed by atoms with Crippen molar-refractivity contribution in [3.8, 4) is 5.75 Å². The predicted molar refractivity (Wildman–Crippen MR) is 55.4 cm³/mol. The highest BCUT2D eigenvalue weighted by Gasteiger charge is 2.10. The summed E-state index contributed by atoms with van der Waals surface area (Å²) in [6, 6.07) is 4.28. The topological polar surface area (TPSA) is 81.0 Å². The molecule has 5 heteroatoms. The summed E-state index contributed by atoms with van der Waals surface area (Å²) < 4.78 is 0. The van der Waals surface area contributed by atoms with E-state index in [1.165, 1.54) is 12.1 Å². The number of aliphatic hydroxyl groups excluding tert-OH is 1. The van der Waals surface area contributed by atoms with Gasteiger partial charge in [0, 0.05) is 25.3 Å². The Kier molecular flexibility index (Phi) is 3.51. The van der Waals surface area contributed by atoms with E-state index in [9.17, 15) is 9.90 Å². The Labute approximate surface area is 87.2 Å². The first-order valence-electron chi connectivity index (χ1n) is 4.44. The summed E-state index contributed by atoms with van der Waals surface area (Å²) in [6.07, 6.45) is 0. The maximum absolute atomic E-state index is 10.6. The molecule has 0 radical (unpaired) electrons. The van der Waals surface area contributed by atoms with Crippen LogP contribution in [0.2, 0.25) is 0 Å². The fourth-order valence-electron chi connectivity index (χ4n) is 1.22. The van der Waals surface area contributed by atoms with E-state index in [1.807, 2.05) is 0 Å². The van der Waals surface area contributed by atoms with Crippen LogP contribution in [0.25, 0.3) is 0 Å². The van der Waals surface area contributed by atoms with E-state index in [2.05, 4.69) is 0 Å². The number of aromatic carboxylic acids is 1. The highest BCUT2D eigenvalue weighted by Crippen LogP contribution is 2.23. The summed E-state index contributed by atoms with van der Waals surface area (Å²) in [5, 5.41) is 26.8. The van der Waals surface area contributed by atoms with Crippen molar-refractivity contribution in [2.75, 3.05) is 25.1 Å². The molecule has 0 aliphatic heterocycles. The molecule has 5 nitrogen and oxygen atoms in total. The van der Waals surface area contributed by atoms with Crippen molar-refractivity contribution < 1.29 is 20.1 Å². The zero-order valence-corrected chi connectivity index (χ0v) is 8.34. The Hall–Kier alpha value is -1.75. The van der Waals surface area contributed by atoms with Crippen LogP contribution >= 0.6 is 0 Å². The van der Waals surface area contributed by atoms with E-state index in [0.717, 1.165) is 0 Å². The van der Waals surface area contributed by atoms with Crippen LogP contribution in [-0.4, -0.2) is 41.5 Å². The molecule has 0 spiro atoms. The van der Waals surface area contributed by atoms with Gasteiger partial charge in [-0.05, 0) is 12.1 Å². The number of rotatable bonds is 4. The average Bonchev–Trinajstić information content (AvgIpc) is 2.17. The van der Waals surface area contributed by atoms with Gasteiger partial charge in [0.05, 0.1) is 6.61 Å². The average molecular weight is 211 g/mol. The van der Waals surface area contributed by atoms with E-state index in [0.29, 0.717) is 12.2 Å². The van der Waals surface area contributed by atoms with Crippen LogP contribution in [-0.2, 0) is 0 Å². The third-order valence-corrected chi connectivity index (χ3v) is 2.09. The Balaban J connectivity index is 2.96. The molecule has 0 heterocycles. The van der Waals surface area contributed by atoms with Crippen LogP contribution in [0, 0.1) is 0 Å². The van der Waals surface area contributed by atoms with E-state index in [1.54, 1.807) is 18.0 Å². The van der Waals surface area contributed by atoms with Crippen molar-refractivity contribution in [2.24, 2.45) is 0 Å². The third kappa shape index (κ3) is 2.60. The number of carboxylic acid groups (broad SMARTS) is 1. The minimum atomic E-state index is -1.16. The number of benzene rings is 1. The molecule has 1 rings (SSSR count). The van der Waals surface area contributed by atoms with Gasteiger partial charge in [0.2, 0.25) is 0 Å². The highest BCUT2D eigenvalue weighted by molar-refractivity contribution is 5.91. The first-order valence-corrected chi connectivity index (χ1v) is 4.44. The lowest BCUT2D eigenvalue weighted by Crippen LogP contribution is -2.21. The van der Waals surface area contributed by atoms with E-state index >= 15 is 0 Å². The first-order chi connectivity index (χ1) is 7.06. The minimum Gasteiger partial charge on any atom is -0.507 e. The Morgan fingerprint density at radius 3 is 2.60 bits per heavy atom. The van der Waals surface area contributed by atoms with E-state index in [-0.39, 0.29) is 17.9 Å². The molecule has 1 aromatic rings. The molecule has 0 aliphatic rings. The van der Waals surface area contributed by atoms with Gasteiger partial charge in [0.1, 0.15) is 11.3 Å². The smallest absolute Gasteiger partial charge is 0.339 e. The first kappa shape index (κ1) is 11.3. The van der Waals surface area contributed by atoms with Crippen LogP contribution in [0.5, 0.6) is 5.75 Å². The molecule has 3 N–H and O–H groups in total. The van der Waals surface area contributed by atoms with Gasteiger partial charge in [-0.25, -0.2) is 4.79 Å². The Bertz CT molecular complexity index is 364. The molecule has 0 fully saturated rings. The molecule has 0 bridgehead atoms. The number of hydrogen-bond donors (Lipinski definition) is 3. The normalized spacial score (nSPS) is 10.0. The molecular formula is C10H13NO4. The lowest BCUT2D eigenvalue weighted by molar-refractivity contribution is 0.0694. The summed E-state index contributed by atoms with van der Waals surface area (Å²) in [4.78, 5) is 12.3. The van der Waals surface area contributed by atoms with Gasteiger partial charge in [0.25, 0.3) is 0 Å². The zero-order valence-electron chi connectivity index (χ0n) is 8.34. The van der Waals surface area contributed by atoms with Gasteiger partial charge in [-0.15, -0.1) is 0 Å². The quantitative estimate of drug-likeness (QED) is 0.676. The van der Waals surface area contributed by atoms with Crippen molar-refractivity contribution in [1.29, 1.82) is 0 Å². The second kappa shape index (κ2) is 4.65. The largest absolute Gasteiger partial charge is 0.507 e. The van der Waals surface area contributed by atoms with Crippen LogP contribution < -0.4 is 4.90 Å². The fourth-order valence-corrected chi connectivity index (χ4v) is 1.22. The van der Waals surface area contributed by atoms with Crippen molar-refractivity contribution in [3.63, 3.8) is 0 Å². The van der Waals surface area contributed by atoms with Crippen molar-refractivity contribution in [3.05, 3.63) is 23.8 Å². The Morgan fingerprint density at radius 1 is 1.47 bits per heavy atom. The van der Waals surface area contributed by atoms with Crippen LogP contribution in [0.15, 0.2) is 18.2 Å². The van der Waals surface area contributed by atoms with Gasteiger partial charge >= 0.3 is 5.97 Å². The molecule has 0 unspecified atom stereocenters. The second-order valence-corrected chi connectivity index (χ2v) is 3.15. The lowest BCUT2D eigenvalue weighted by atomic mass is 10.1. The molecule has 0 aromatic heterocycles. The summed E-state index contributed by atoms with van der Waals surface area (Å²) in [5.74, 6) is -1.44. The molecule has 1 aromatic carbocycles. The van der Waals surface area contributed by atoms with E-state index < -0.39 is 5.97 Å². The molecule has 0 aliphatic carbocycles. The summed E-state index contributed by atoms with van der Waals surface area (Å²) >= 11 is 0. The molecule has 15 heavy (non-hydrogen) atoms. The third-order valence-electron chi connectivity index (χ3n) is 2.09. The van der Waals surface area contributed by atoms with Gasteiger partial charge < -0.3 is 20.2 Å². The van der Waals surface area contributed by atoms with Gasteiger partial charge in [0.15, 0.2) is 0 Å². The number of phenols is 1. The zero-order chi connectivity index (χ0) is 11.4. The number of carbonyl (C=O) groups is 1. The standard InChI is InChI=1S/C10H13NO4/c1-11(4-5-12)7-2-3-8(10(14)15)9(13)6-7/h2-3,6,12-13H,4-5H2,1H3,(H,14,15). The fraction of sp³-hybridized carbons (Fsp3) is 0.300. The van der Waals surface area contributed by atoms with Crippen LogP contribution in [0.3, 0.4) is 0 Å². The number of aliphatic hydroxyl groups is 1. The summed E-state index contributed by atoms with van der Waals surface area (Å²) in [7, 11) is 1.74. The number of hydrogen-bond acceptors (Lipinski definition) is 4. The lowest BCUT2D eigenvalue weighted by Gasteiger charge is -2.18. The molecule has 82 valence electrons. The van der Waals surface area contributed by atoms with Crippen molar-refractivity contribution >= 4 is 11.7 Å². The van der Waals surface area contributed by atoms with Crippen molar-refractivity contribution in [1.82, 2.24) is 0 Å². The molecule has 0 atom stereocenters. The number of nitrogens with zero attached hydrogens (tertiary/aromatic N) is 1. The number of carboxylic acids is 1. The molecular weight excluding hydrogens is 198 g/mol. The van der Waals surface area contributed by atoms with E-state index in [4.69, 9.17) is 10.2 Å². The predicted octanol–water partition coefficient (Wildman–Crippen LogP) is 0.519. The van der Waals surface area contributed by atoms with Crippen molar-refractivity contribution in [2.45, 2.75) is 0 Å².